The Balaban J connectivity index is 1.45. The quantitative estimate of drug-likeness (QED) is 0.526. The molecule has 4 aromatic rings. The molecule has 0 atom stereocenters. The number of para-hydroxylation sites is 2. The van der Waals surface area contributed by atoms with E-state index in [1.54, 1.807) is 6.07 Å². The second-order valence-electron chi connectivity index (χ2n) is 6.21. The van der Waals surface area contributed by atoms with Crippen LogP contribution in [0.1, 0.15) is 5.56 Å². The van der Waals surface area contributed by atoms with Gasteiger partial charge in [0.15, 0.2) is 0 Å². The van der Waals surface area contributed by atoms with Crippen LogP contribution in [0.25, 0.3) is 16.7 Å². The molecule has 0 amide bonds. The summed E-state index contributed by atoms with van der Waals surface area (Å²) in [5.74, 6) is 0.611. The van der Waals surface area contributed by atoms with Gasteiger partial charge in [0.1, 0.15) is 17.0 Å². The zero-order valence-corrected chi connectivity index (χ0v) is 16.0. The number of nitrogens with one attached hydrogen (secondary N) is 2. The van der Waals surface area contributed by atoms with Crippen molar-refractivity contribution in [1.82, 2.24) is 19.3 Å². The molecule has 0 aliphatic carbocycles. The lowest BCUT2D eigenvalue weighted by Gasteiger charge is -2.09. The van der Waals surface area contributed by atoms with Crippen molar-refractivity contribution in [3.63, 3.8) is 0 Å². The van der Waals surface area contributed by atoms with Crippen LogP contribution in [-0.4, -0.2) is 30.0 Å². The molecule has 8 heteroatoms. The zero-order valence-electron chi connectivity index (χ0n) is 15.2. The Bertz CT molecular complexity index is 1200. The summed E-state index contributed by atoms with van der Waals surface area (Å²) >= 11 is 0. The van der Waals surface area contributed by atoms with E-state index in [0.29, 0.717) is 12.4 Å². The number of aromatic nitrogens is 3. The third kappa shape index (κ3) is 3.60. The Morgan fingerprint density at radius 2 is 1.75 bits per heavy atom. The van der Waals surface area contributed by atoms with Gasteiger partial charge in [-0.25, -0.2) is 23.1 Å². The van der Waals surface area contributed by atoms with E-state index < -0.39 is 10.0 Å². The molecule has 7 nitrogen and oxygen atoms in total. The molecule has 0 unspecified atom stereocenters. The van der Waals surface area contributed by atoms with E-state index in [1.807, 2.05) is 54.9 Å². The Hall–Kier alpha value is -3.23. The van der Waals surface area contributed by atoms with Crippen molar-refractivity contribution in [3.8, 4) is 5.69 Å². The molecular weight excluding hydrogens is 374 g/mol. The average molecular weight is 393 g/mol. The highest BCUT2D eigenvalue weighted by Gasteiger charge is 2.11. The number of rotatable bonds is 6. The van der Waals surface area contributed by atoms with Gasteiger partial charge in [-0.1, -0.05) is 24.3 Å². The van der Waals surface area contributed by atoms with Crippen molar-refractivity contribution in [1.29, 1.82) is 0 Å². The van der Waals surface area contributed by atoms with E-state index in [-0.39, 0.29) is 4.90 Å². The predicted octanol–water partition coefficient (Wildman–Crippen LogP) is 2.94. The molecule has 2 aromatic heterocycles. The van der Waals surface area contributed by atoms with Crippen LogP contribution < -0.4 is 10.0 Å². The maximum Gasteiger partial charge on any atom is 0.241 e. The fourth-order valence-electron chi connectivity index (χ4n) is 2.89. The van der Waals surface area contributed by atoms with Crippen LogP contribution in [0, 0.1) is 0 Å². The molecule has 2 aromatic carbocycles. The summed E-state index contributed by atoms with van der Waals surface area (Å²) in [5.41, 5.74) is 4.15. The largest absolute Gasteiger partial charge is 0.366 e. The summed E-state index contributed by atoms with van der Waals surface area (Å²) in [6, 6.07) is 19.3. The maximum absolute atomic E-state index is 11.7. The number of benzene rings is 2. The number of hydrogen-bond acceptors (Lipinski definition) is 5. The fraction of sp³-hybridized carbons (Fsp3) is 0.100. The standard InChI is InChI=1S/C20H19N5O2S/c1-21-28(26,27)17-10-11-20(23-13-17)22-12-15-6-8-16(9-7-15)25-14-24-18-4-2-3-5-19(18)25/h2-11,13-14,21H,12H2,1H3,(H,22,23). The molecule has 4 rings (SSSR count). The van der Waals surface area contributed by atoms with E-state index in [1.165, 1.54) is 19.3 Å². The number of sulfonamides is 1. The Labute approximate surface area is 163 Å². The number of nitrogens with zero attached hydrogens (tertiary/aromatic N) is 3. The summed E-state index contributed by atoms with van der Waals surface area (Å²) in [6.07, 6.45) is 3.16. The van der Waals surface area contributed by atoms with Crippen molar-refractivity contribution < 1.29 is 8.42 Å². The monoisotopic (exact) mass is 393 g/mol. The van der Waals surface area contributed by atoms with Gasteiger partial charge < -0.3 is 5.32 Å². The SMILES string of the molecule is CNS(=O)(=O)c1ccc(NCc2ccc(-n3cnc4ccccc43)cc2)nc1. The second kappa shape index (κ2) is 7.41. The Kier molecular flexibility index (Phi) is 4.81. The predicted molar refractivity (Wildman–Crippen MR) is 109 cm³/mol. The molecule has 0 saturated carbocycles. The fourth-order valence-corrected chi connectivity index (χ4v) is 3.57. The van der Waals surface area contributed by atoms with Crippen LogP contribution in [-0.2, 0) is 16.6 Å². The summed E-state index contributed by atoms with van der Waals surface area (Å²) < 4.78 is 27.8. The van der Waals surface area contributed by atoms with Crippen LogP contribution in [0.5, 0.6) is 0 Å². The average Bonchev–Trinajstić information content (AvgIpc) is 3.17. The molecule has 28 heavy (non-hydrogen) atoms. The highest BCUT2D eigenvalue weighted by Crippen LogP contribution is 2.18. The normalized spacial score (nSPS) is 11.6. The first-order valence-corrected chi connectivity index (χ1v) is 10.2. The van der Waals surface area contributed by atoms with E-state index in [0.717, 1.165) is 22.3 Å². The van der Waals surface area contributed by atoms with Gasteiger partial charge in [-0.15, -0.1) is 0 Å². The second-order valence-corrected chi connectivity index (χ2v) is 8.10. The summed E-state index contributed by atoms with van der Waals surface area (Å²) in [4.78, 5) is 8.71. The molecule has 0 bridgehead atoms. The number of anilines is 1. The molecule has 2 N–H and O–H groups in total. The highest BCUT2D eigenvalue weighted by atomic mass is 32.2. The van der Waals surface area contributed by atoms with Gasteiger partial charge in [-0.3, -0.25) is 4.57 Å². The molecule has 0 aliphatic rings. The summed E-state index contributed by atoms with van der Waals surface area (Å²) in [7, 11) is -2.10. The van der Waals surface area contributed by atoms with E-state index in [4.69, 9.17) is 0 Å². The van der Waals surface area contributed by atoms with E-state index >= 15 is 0 Å². The topological polar surface area (TPSA) is 88.9 Å². The van der Waals surface area contributed by atoms with Gasteiger partial charge >= 0.3 is 0 Å². The molecule has 0 aliphatic heterocycles. The van der Waals surface area contributed by atoms with Crippen molar-refractivity contribution in [2.75, 3.05) is 12.4 Å². The number of pyridine rings is 1. The van der Waals surface area contributed by atoms with Gasteiger partial charge in [-0.2, -0.15) is 0 Å². The van der Waals surface area contributed by atoms with Crippen LogP contribution in [0.15, 0.2) is 78.1 Å². The van der Waals surface area contributed by atoms with Crippen molar-refractivity contribution >= 4 is 26.9 Å². The third-order valence-electron chi connectivity index (χ3n) is 4.46. The molecule has 142 valence electrons. The first-order chi connectivity index (χ1) is 13.6. The minimum absolute atomic E-state index is 0.137. The smallest absolute Gasteiger partial charge is 0.241 e. The molecule has 2 heterocycles. The third-order valence-corrected chi connectivity index (χ3v) is 5.86. The van der Waals surface area contributed by atoms with E-state index in [2.05, 4.69) is 24.6 Å². The number of fused-ring (bicyclic) bond motifs is 1. The van der Waals surface area contributed by atoms with Crippen LogP contribution in [0.2, 0.25) is 0 Å². The molecule has 0 radical (unpaired) electrons. The van der Waals surface area contributed by atoms with Gasteiger partial charge in [0, 0.05) is 18.4 Å². The zero-order chi connectivity index (χ0) is 19.6. The Morgan fingerprint density at radius 1 is 0.964 bits per heavy atom. The summed E-state index contributed by atoms with van der Waals surface area (Å²) in [6.45, 7) is 0.579. The van der Waals surface area contributed by atoms with Gasteiger partial charge in [0.05, 0.1) is 11.0 Å². The lowest BCUT2D eigenvalue weighted by Crippen LogP contribution is -2.18. The lowest BCUT2D eigenvalue weighted by molar-refractivity contribution is 0.588. The van der Waals surface area contributed by atoms with Crippen molar-refractivity contribution in [2.24, 2.45) is 0 Å². The lowest BCUT2D eigenvalue weighted by atomic mass is 10.2. The summed E-state index contributed by atoms with van der Waals surface area (Å²) in [5, 5.41) is 3.20. The maximum atomic E-state index is 11.7. The molecule has 0 spiro atoms. The van der Waals surface area contributed by atoms with Crippen LogP contribution in [0.3, 0.4) is 0 Å². The van der Waals surface area contributed by atoms with Gasteiger partial charge in [-0.05, 0) is 49.0 Å². The van der Waals surface area contributed by atoms with Gasteiger partial charge in [0.25, 0.3) is 0 Å². The van der Waals surface area contributed by atoms with Crippen molar-refractivity contribution in [3.05, 3.63) is 78.8 Å². The van der Waals surface area contributed by atoms with Crippen LogP contribution in [0.4, 0.5) is 5.82 Å². The molecule has 0 saturated heterocycles. The number of hydrogen-bond donors (Lipinski definition) is 2. The minimum Gasteiger partial charge on any atom is -0.366 e. The molecular formula is C20H19N5O2S. The molecule has 0 fully saturated rings. The first-order valence-electron chi connectivity index (χ1n) is 8.72. The van der Waals surface area contributed by atoms with E-state index in [9.17, 15) is 8.42 Å². The number of imidazole rings is 1. The van der Waals surface area contributed by atoms with Crippen molar-refractivity contribution in [2.45, 2.75) is 11.4 Å². The van der Waals surface area contributed by atoms with Crippen LogP contribution >= 0.6 is 0 Å². The minimum atomic E-state index is -3.47. The van der Waals surface area contributed by atoms with Gasteiger partial charge in [0.2, 0.25) is 10.0 Å². The highest BCUT2D eigenvalue weighted by molar-refractivity contribution is 7.89. The first kappa shape index (κ1) is 18.1. The Morgan fingerprint density at radius 3 is 2.46 bits per heavy atom.